The predicted octanol–water partition coefficient (Wildman–Crippen LogP) is 2.68. The minimum Gasteiger partial charge on any atom is -0.505 e. The van der Waals surface area contributed by atoms with Crippen LogP contribution in [0.3, 0.4) is 0 Å². The fraction of sp³-hybridized carbons (Fsp3) is 0.429. The van der Waals surface area contributed by atoms with E-state index in [9.17, 15) is 30.7 Å². The van der Waals surface area contributed by atoms with E-state index >= 15 is 0 Å². The lowest BCUT2D eigenvalue weighted by atomic mass is 10.1. The maximum Gasteiger partial charge on any atom is 0.460 e. The van der Waals surface area contributed by atoms with Gasteiger partial charge in [-0.2, -0.15) is 41.3 Å². The van der Waals surface area contributed by atoms with Crippen molar-refractivity contribution >= 4 is 0 Å². The number of hydrogen-bond acceptors (Lipinski definition) is 3. The summed E-state index contributed by atoms with van der Waals surface area (Å²) in [6.45, 7) is 0. The van der Waals surface area contributed by atoms with Gasteiger partial charge in [-0.25, -0.2) is 0 Å². The summed E-state index contributed by atoms with van der Waals surface area (Å²) in [6, 6.07) is 1.14. The second-order valence-electron chi connectivity index (χ2n) is 2.59. The van der Waals surface area contributed by atoms with Crippen molar-refractivity contribution in [3.63, 3.8) is 0 Å². The van der Waals surface area contributed by atoms with Gasteiger partial charge < -0.3 is 5.11 Å². The van der Waals surface area contributed by atoms with Crippen LogP contribution in [0.2, 0.25) is 0 Å². The lowest BCUT2D eigenvalue weighted by Crippen LogP contribution is -2.53. The van der Waals surface area contributed by atoms with Crippen LogP contribution in [0.5, 0.6) is 0 Å². The third-order valence-corrected chi connectivity index (χ3v) is 1.51. The van der Waals surface area contributed by atoms with Crippen LogP contribution < -0.4 is 0 Å². The highest BCUT2D eigenvalue weighted by Gasteiger charge is 2.75. The van der Waals surface area contributed by atoms with E-state index < -0.39 is 29.4 Å². The zero-order valence-corrected chi connectivity index (χ0v) is 7.49. The number of hydrogen-bond donors (Lipinski definition) is 1. The average Bonchev–Trinajstić information content (AvgIpc) is 2.17. The summed E-state index contributed by atoms with van der Waals surface area (Å²) in [4.78, 5) is 0. The number of aliphatic hydroxyl groups is 1. The van der Waals surface area contributed by atoms with E-state index in [1.165, 1.54) is 0 Å². The van der Waals surface area contributed by atoms with Crippen LogP contribution in [0.1, 0.15) is 0 Å². The Morgan fingerprint density at radius 2 is 1.24 bits per heavy atom. The van der Waals surface area contributed by atoms with Crippen LogP contribution in [0.4, 0.5) is 30.7 Å². The number of nitrogens with zero attached hydrogens (tertiary/aromatic N) is 2. The first-order valence-corrected chi connectivity index (χ1v) is 3.49. The summed E-state index contributed by atoms with van der Waals surface area (Å²) in [5, 5.41) is 24.4. The number of rotatable bonds is 2. The van der Waals surface area contributed by atoms with Crippen molar-refractivity contribution < 1.29 is 35.8 Å². The second kappa shape index (κ2) is 4.13. The standard InChI is InChI=1S/C7HF7N2O/c8-5(9,4(17)3(1-15)2-16)6(10,11)7(12,13)14/h17H. The Labute approximate surface area is 89.0 Å². The largest absolute Gasteiger partial charge is 0.505 e. The highest BCUT2D eigenvalue weighted by molar-refractivity contribution is 5.40. The highest BCUT2D eigenvalue weighted by Crippen LogP contribution is 2.49. The molecule has 94 valence electrons. The average molecular weight is 262 g/mol. The first-order valence-electron chi connectivity index (χ1n) is 3.49. The van der Waals surface area contributed by atoms with Crippen molar-refractivity contribution in [2.24, 2.45) is 0 Å². The highest BCUT2D eigenvalue weighted by atomic mass is 19.4. The van der Waals surface area contributed by atoms with Crippen LogP contribution in [0.15, 0.2) is 11.3 Å². The van der Waals surface area contributed by atoms with Crippen LogP contribution in [0, 0.1) is 22.7 Å². The van der Waals surface area contributed by atoms with Crippen molar-refractivity contribution in [3.05, 3.63) is 11.3 Å². The molecule has 17 heavy (non-hydrogen) atoms. The molecular weight excluding hydrogens is 261 g/mol. The minimum absolute atomic E-state index is 0.569. The molecule has 0 amide bonds. The summed E-state index contributed by atoms with van der Waals surface area (Å²) in [7, 11) is 0. The third kappa shape index (κ3) is 2.25. The topological polar surface area (TPSA) is 67.8 Å². The van der Waals surface area contributed by atoms with E-state index in [0.717, 1.165) is 0 Å². The quantitative estimate of drug-likeness (QED) is 0.472. The van der Waals surface area contributed by atoms with Gasteiger partial charge in [-0.1, -0.05) is 0 Å². The summed E-state index contributed by atoms with van der Waals surface area (Å²) < 4.78 is 84.8. The summed E-state index contributed by atoms with van der Waals surface area (Å²) in [5.41, 5.74) is -1.93. The van der Waals surface area contributed by atoms with E-state index in [2.05, 4.69) is 0 Å². The van der Waals surface area contributed by atoms with Crippen LogP contribution in [0.25, 0.3) is 0 Å². The molecular formula is C7HF7N2O. The van der Waals surface area contributed by atoms with Crippen LogP contribution >= 0.6 is 0 Å². The maximum absolute atomic E-state index is 12.6. The molecule has 0 atom stereocenters. The molecule has 0 aromatic carbocycles. The van der Waals surface area contributed by atoms with Gasteiger partial charge >= 0.3 is 18.0 Å². The molecule has 0 aliphatic rings. The second-order valence-corrected chi connectivity index (χ2v) is 2.59. The molecule has 0 heterocycles. The molecule has 0 unspecified atom stereocenters. The van der Waals surface area contributed by atoms with Crippen molar-refractivity contribution in [1.29, 1.82) is 10.5 Å². The van der Waals surface area contributed by atoms with Crippen molar-refractivity contribution in [1.82, 2.24) is 0 Å². The minimum atomic E-state index is -6.65. The Kier molecular flexibility index (Phi) is 3.65. The Balaban J connectivity index is 5.86. The Bertz CT molecular complexity index is 407. The third-order valence-electron chi connectivity index (χ3n) is 1.51. The molecule has 0 aromatic rings. The number of aliphatic hydroxyl groups excluding tert-OH is 1. The molecule has 1 N–H and O–H groups in total. The summed E-state index contributed by atoms with van der Waals surface area (Å²) in [6.07, 6.45) is -6.65. The molecule has 10 heteroatoms. The van der Waals surface area contributed by atoms with Gasteiger partial charge in [0.05, 0.1) is 0 Å². The summed E-state index contributed by atoms with van der Waals surface area (Å²) >= 11 is 0. The van der Waals surface area contributed by atoms with Crippen molar-refractivity contribution in [3.8, 4) is 12.1 Å². The molecule has 0 aliphatic heterocycles. The van der Waals surface area contributed by atoms with Gasteiger partial charge in [0.2, 0.25) is 0 Å². The van der Waals surface area contributed by atoms with E-state index in [0.29, 0.717) is 12.1 Å². The fourth-order valence-corrected chi connectivity index (χ4v) is 0.615. The van der Waals surface area contributed by atoms with E-state index in [-0.39, 0.29) is 0 Å². The fourth-order valence-electron chi connectivity index (χ4n) is 0.615. The molecule has 0 aliphatic carbocycles. The van der Waals surface area contributed by atoms with Gasteiger partial charge in [0, 0.05) is 0 Å². The van der Waals surface area contributed by atoms with E-state index in [1.54, 1.807) is 0 Å². The van der Waals surface area contributed by atoms with Gasteiger partial charge in [-0.3, -0.25) is 0 Å². The molecule has 0 fully saturated rings. The van der Waals surface area contributed by atoms with Gasteiger partial charge in [-0.05, 0) is 0 Å². The molecule has 0 saturated heterocycles. The molecule has 0 rings (SSSR count). The van der Waals surface area contributed by atoms with Gasteiger partial charge in [-0.15, -0.1) is 0 Å². The number of nitriles is 2. The first kappa shape index (κ1) is 15.0. The Hall–Kier alpha value is -1.97. The van der Waals surface area contributed by atoms with Gasteiger partial charge in [0.15, 0.2) is 11.3 Å². The normalized spacial score (nSPS) is 12.5. The molecule has 0 spiro atoms. The van der Waals surface area contributed by atoms with E-state index in [4.69, 9.17) is 15.6 Å². The maximum atomic E-state index is 12.6. The lowest BCUT2D eigenvalue weighted by Gasteiger charge is -2.27. The Morgan fingerprint density at radius 1 is 0.882 bits per heavy atom. The zero-order chi connectivity index (χ0) is 14.1. The smallest absolute Gasteiger partial charge is 0.460 e. The van der Waals surface area contributed by atoms with Gasteiger partial charge in [0.25, 0.3) is 0 Å². The monoisotopic (exact) mass is 262 g/mol. The zero-order valence-electron chi connectivity index (χ0n) is 7.49. The molecule has 0 bridgehead atoms. The molecule has 0 aromatic heterocycles. The van der Waals surface area contributed by atoms with Crippen LogP contribution in [-0.2, 0) is 0 Å². The van der Waals surface area contributed by atoms with E-state index in [1.807, 2.05) is 0 Å². The molecule has 3 nitrogen and oxygen atoms in total. The first-order chi connectivity index (χ1) is 7.43. The lowest BCUT2D eigenvalue weighted by molar-refractivity contribution is -0.349. The van der Waals surface area contributed by atoms with Crippen LogP contribution in [-0.4, -0.2) is 23.1 Å². The van der Waals surface area contributed by atoms with Gasteiger partial charge in [0.1, 0.15) is 12.1 Å². The number of alkyl halides is 7. The SMILES string of the molecule is N#CC(C#N)=C(O)C(F)(F)C(F)(F)C(F)(F)F. The number of halogens is 7. The number of allylic oxidation sites excluding steroid dienone is 2. The summed E-state index contributed by atoms with van der Waals surface area (Å²) in [5.74, 6) is -15.6. The van der Waals surface area contributed by atoms with Crippen molar-refractivity contribution in [2.45, 2.75) is 18.0 Å². The Morgan fingerprint density at radius 3 is 1.47 bits per heavy atom. The molecule has 0 saturated carbocycles. The predicted molar refractivity (Wildman–Crippen MR) is 36.8 cm³/mol. The van der Waals surface area contributed by atoms with Crippen molar-refractivity contribution in [2.75, 3.05) is 0 Å². The molecule has 0 radical (unpaired) electrons.